The lowest BCUT2D eigenvalue weighted by molar-refractivity contribution is 0.348. The van der Waals surface area contributed by atoms with Gasteiger partial charge in [-0.2, -0.15) is 0 Å². The van der Waals surface area contributed by atoms with E-state index in [1.165, 1.54) is 21.7 Å². The van der Waals surface area contributed by atoms with Crippen LogP contribution in [0.3, 0.4) is 0 Å². The molecule has 0 bridgehead atoms. The summed E-state index contributed by atoms with van der Waals surface area (Å²) < 4.78 is 6.19. The van der Waals surface area contributed by atoms with Gasteiger partial charge in [-0.1, -0.05) is 84.6 Å². The van der Waals surface area contributed by atoms with E-state index < -0.39 is 0 Å². The molecule has 0 aliphatic carbocycles. The molecule has 2 aliphatic heterocycles. The van der Waals surface area contributed by atoms with Crippen molar-refractivity contribution in [1.82, 2.24) is 0 Å². The zero-order chi connectivity index (χ0) is 16.0. The second-order valence-corrected chi connectivity index (χ2v) is 7.50. The number of para-hydroxylation sites is 1. The van der Waals surface area contributed by atoms with Gasteiger partial charge < -0.3 is 10.1 Å². The normalized spacial score (nSPS) is 27.3. The van der Waals surface area contributed by atoms with Gasteiger partial charge in [0.05, 0.1) is 0 Å². The molecule has 3 atom stereocenters. The molecule has 3 heteroatoms. The average molecular weight is 331 g/mol. The van der Waals surface area contributed by atoms with Crippen LogP contribution in [0.25, 0.3) is 0 Å². The van der Waals surface area contributed by atoms with E-state index in [0.29, 0.717) is 0 Å². The highest BCUT2D eigenvalue weighted by atomic mass is 32.2. The van der Waals surface area contributed by atoms with E-state index >= 15 is 0 Å². The third-order valence-corrected chi connectivity index (χ3v) is 6.17. The molecule has 3 aromatic rings. The van der Waals surface area contributed by atoms with Crippen LogP contribution in [0.4, 0.5) is 5.69 Å². The Balaban J connectivity index is 1.56. The van der Waals surface area contributed by atoms with Gasteiger partial charge in [0.15, 0.2) is 0 Å². The molecule has 0 saturated carbocycles. The van der Waals surface area contributed by atoms with Crippen LogP contribution in [-0.4, -0.2) is 6.10 Å². The summed E-state index contributed by atoms with van der Waals surface area (Å²) >= 11 is 1.87. The number of fused-ring (bicyclic) bond motifs is 1. The lowest BCUT2D eigenvalue weighted by Gasteiger charge is -2.28. The van der Waals surface area contributed by atoms with Crippen molar-refractivity contribution in [3.05, 3.63) is 96.1 Å². The number of rotatable bonds is 3. The van der Waals surface area contributed by atoms with Gasteiger partial charge in [-0.3, -0.25) is 0 Å². The molecular formula is C21H17NOS. The fraction of sp³-hybridized carbons (Fsp3) is 0.143. The molecule has 2 nitrogen and oxygen atoms in total. The van der Waals surface area contributed by atoms with E-state index in [9.17, 15) is 0 Å². The molecule has 2 heterocycles. The number of nitrogens with one attached hydrogen (secondary N) is 1. The second-order valence-electron chi connectivity index (χ2n) is 6.21. The van der Waals surface area contributed by atoms with Crippen LogP contribution >= 0.6 is 11.8 Å². The molecule has 118 valence electrons. The van der Waals surface area contributed by atoms with Gasteiger partial charge in [0.1, 0.15) is 17.1 Å². The predicted octanol–water partition coefficient (Wildman–Crippen LogP) is 5.20. The zero-order valence-corrected chi connectivity index (χ0v) is 13.9. The predicted molar refractivity (Wildman–Crippen MR) is 98.1 cm³/mol. The molecule has 0 aromatic heterocycles. The van der Waals surface area contributed by atoms with E-state index in [1.807, 2.05) is 17.8 Å². The molecule has 1 fully saturated rings. The monoisotopic (exact) mass is 331 g/mol. The van der Waals surface area contributed by atoms with Crippen LogP contribution in [0.5, 0.6) is 0 Å². The molecule has 0 spiro atoms. The minimum atomic E-state index is -0.272. The highest BCUT2D eigenvalue weighted by molar-refractivity contribution is 8.01. The molecule has 0 radical (unpaired) electrons. The van der Waals surface area contributed by atoms with Gasteiger partial charge in [0.25, 0.3) is 0 Å². The summed E-state index contributed by atoms with van der Waals surface area (Å²) in [5.74, 6) is 0. The van der Waals surface area contributed by atoms with Crippen molar-refractivity contribution in [2.75, 3.05) is 5.32 Å². The lowest BCUT2D eigenvalue weighted by atomic mass is 9.98. The summed E-state index contributed by atoms with van der Waals surface area (Å²) in [5.41, 5.74) is 3.69. The first-order valence-electron chi connectivity index (χ1n) is 8.19. The van der Waals surface area contributed by atoms with Gasteiger partial charge in [-0.15, -0.1) is 0 Å². The quantitative estimate of drug-likeness (QED) is 0.668. The molecule has 5 rings (SSSR count). The summed E-state index contributed by atoms with van der Waals surface area (Å²) in [6, 6.07) is 29.6. The Morgan fingerprint density at radius 1 is 0.792 bits per heavy atom. The van der Waals surface area contributed by atoms with Crippen LogP contribution in [0.2, 0.25) is 0 Å². The fourth-order valence-electron chi connectivity index (χ4n) is 3.49. The number of hydrogen-bond donors (Lipinski definition) is 1. The van der Waals surface area contributed by atoms with E-state index in [0.717, 1.165) is 0 Å². The Bertz CT molecular complexity index is 840. The Morgan fingerprint density at radius 2 is 1.46 bits per heavy atom. The second kappa shape index (κ2) is 5.40. The number of epoxide rings is 1. The SMILES string of the molecule is c1ccc([C@H]2O[C@@H]2[C@]2(c3ccccc3)Nc3ccccc3S2)cc1. The van der Waals surface area contributed by atoms with Crippen LogP contribution in [0, 0.1) is 0 Å². The Kier molecular flexibility index (Phi) is 3.18. The first kappa shape index (κ1) is 14.1. The van der Waals surface area contributed by atoms with E-state index in [4.69, 9.17) is 4.74 Å². The first-order chi connectivity index (χ1) is 11.9. The summed E-state index contributed by atoms with van der Waals surface area (Å²) in [6.07, 6.45) is 0.250. The molecular weight excluding hydrogens is 314 g/mol. The van der Waals surface area contributed by atoms with Crippen molar-refractivity contribution in [3.8, 4) is 0 Å². The standard InChI is InChI=1S/C21H17NOS/c1-3-9-15(10-4-1)19-20(23-19)21(16-11-5-2-6-12-16)22-17-13-7-8-14-18(17)24-21/h1-14,19-20,22H/t19-,20+,21-/m1/s1. The number of thioether (sulfide) groups is 1. The lowest BCUT2D eigenvalue weighted by Crippen LogP contribution is -2.34. The molecule has 0 unspecified atom stereocenters. The molecule has 1 saturated heterocycles. The third kappa shape index (κ3) is 2.16. The highest BCUT2D eigenvalue weighted by Crippen LogP contribution is 2.61. The van der Waals surface area contributed by atoms with Gasteiger partial charge in [-0.05, 0) is 23.3 Å². The largest absolute Gasteiger partial charge is 0.364 e. The van der Waals surface area contributed by atoms with Crippen molar-refractivity contribution in [2.45, 2.75) is 22.0 Å². The number of anilines is 1. The molecule has 24 heavy (non-hydrogen) atoms. The molecule has 3 aromatic carbocycles. The van der Waals surface area contributed by atoms with Gasteiger partial charge in [0.2, 0.25) is 0 Å². The van der Waals surface area contributed by atoms with Crippen LogP contribution in [0.1, 0.15) is 17.2 Å². The summed E-state index contributed by atoms with van der Waals surface area (Å²) in [5, 5.41) is 3.76. The minimum absolute atomic E-state index is 0.111. The van der Waals surface area contributed by atoms with E-state index in [-0.39, 0.29) is 17.1 Å². The summed E-state index contributed by atoms with van der Waals surface area (Å²) in [6.45, 7) is 0. The van der Waals surface area contributed by atoms with Crippen molar-refractivity contribution in [1.29, 1.82) is 0 Å². The maximum atomic E-state index is 6.19. The molecule has 2 aliphatic rings. The fourth-order valence-corrected chi connectivity index (χ4v) is 4.92. The zero-order valence-electron chi connectivity index (χ0n) is 13.1. The van der Waals surface area contributed by atoms with Crippen LogP contribution in [-0.2, 0) is 9.61 Å². The molecule has 1 N–H and O–H groups in total. The smallest absolute Gasteiger partial charge is 0.143 e. The third-order valence-electron chi connectivity index (χ3n) is 4.70. The highest BCUT2D eigenvalue weighted by Gasteiger charge is 2.59. The van der Waals surface area contributed by atoms with E-state index in [1.54, 1.807) is 0 Å². The van der Waals surface area contributed by atoms with Crippen molar-refractivity contribution >= 4 is 17.4 Å². The Hall–Kier alpha value is -2.23. The van der Waals surface area contributed by atoms with Crippen LogP contribution in [0.15, 0.2) is 89.8 Å². The number of benzene rings is 3. The number of ether oxygens (including phenoxy) is 1. The maximum absolute atomic E-state index is 6.19. The van der Waals surface area contributed by atoms with E-state index in [2.05, 4.69) is 84.2 Å². The Labute approximate surface area is 145 Å². The van der Waals surface area contributed by atoms with Crippen molar-refractivity contribution in [3.63, 3.8) is 0 Å². The van der Waals surface area contributed by atoms with Gasteiger partial charge >= 0.3 is 0 Å². The topological polar surface area (TPSA) is 24.6 Å². The number of hydrogen-bond acceptors (Lipinski definition) is 3. The Morgan fingerprint density at radius 3 is 2.21 bits per heavy atom. The first-order valence-corrected chi connectivity index (χ1v) is 9.01. The van der Waals surface area contributed by atoms with Crippen molar-refractivity contribution < 1.29 is 4.74 Å². The van der Waals surface area contributed by atoms with Gasteiger partial charge in [-0.25, -0.2) is 0 Å². The van der Waals surface area contributed by atoms with Crippen molar-refractivity contribution in [2.24, 2.45) is 0 Å². The minimum Gasteiger partial charge on any atom is -0.364 e. The average Bonchev–Trinajstić information content (AvgIpc) is 3.37. The maximum Gasteiger partial charge on any atom is 0.143 e. The summed E-state index contributed by atoms with van der Waals surface area (Å²) in [7, 11) is 0. The van der Waals surface area contributed by atoms with Gasteiger partial charge in [0, 0.05) is 10.6 Å². The van der Waals surface area contributed by atoms with Crippen LogP contribution < -0.4 is 5.32 Å². The summed E-state index contributed by atoms with van der Waals surface area (Å²) in [4.78, 5) is 1.01. The molecule has 0 amide bonds.